The molecule has 1 aromatic heterocycles. The average molecular weight is 386 g/mol. The lowest BCUT2D eigenvalue weighted by molar-refractivity contribution is 0.102. The number of benzene rings is 1. The molecule has 1 aliphatic heterocycles. The zero-order chi connectivity index (χ0) is 19.3. The summed E-state index contributed by atoms with van der Waals surface area (Å²) in [7, 11) is -3.75. The van der Waals surface area contributed by atoms with Gasteiger partial charge < -0.3 is 5.32 Å². The number of aromatic nitrogens is 1. The molecular weight excluding hydrogens is 364 g/mol. The Hall–Kier alpha value is -2.74. The number of carbonyl (C=O) groups excluding carboxylic acids is 1. The van der Waals surface area contributed by atoms with Crippen molar-refractivity contribution >= 4 is 27.5 Å². The van der Waals surface area contributed by atoms with Crippen LogP contribution in [0.4, 0.5) is 5.69 Å². The van der Waals surface area contributed by atoms with Gasteiger partial charge >= 0.3 is 0 Å². The van der Waals surface area contributed by atoms with Crippen molar-refractivity contribution in [1.82, 2.24) is 9.71 Å². The van der Waals surface area contributed by atoms with Crippen molar-refractivity contribution in [3.05, 3.63) is 53.9 Å². The van der Waals surface area contributed by atoms with Crippen molar-refractivity contribution in [2.45, 2.75) is 37.5 Å². The topological polar surface area (TPSA) is 101 Å². The highest BCUT2D eigenvalue weighted by Crippen LogP contribution is 2.17. The Bertz CT molecular complexity index is 953. The second kappa shape index (κ2) is 8.30. The predicted octanol–water partition coefficient (Wildman–Crippen LogP) is 2.89. The molecule has 0 radical (unpaired) electrons. The molecule has 1 aromatic carbocycles. The number of hydrogen-bond acceptors (Lipinski definition) is 5. The predicted molar refractivity (Wildman–Crippen MR) is 104 cm³/mol. The first-order valence-corrected chi connectivity index (χ1v) is 10.3. The van der Waals surface area contributed by atoms with Crippen molar-refractivity contribution in [3.8, 4) is 0 Å². The third kappa shape index (κ3) is 5.13. The van der Waals surface area contributed by atoms with E-state index in [1.807, 2.05) is 6.92 Å². The number of rotatable bonds is 4. The van der Waals surface area contributed by atoms with Gasteiger partial charge in [0.2, 0.25) is 0 Å². The minimum Gasteiger partial charge on any atom is -0.322 e. The number of hydrogen-bond donors (Lipinski definition) is 2. The summed E-state index contributed by atoms with van der Waals surface area (Å²) in [5, 5.41) is 2.70. The third-order valence-electron chi connectivity index (χ3n) is 4.20. The highest BCUT2D eigenvalue weighted by molar-refractivity contribution is 7.90. The number of nitrogens with zero attached hydrogens (tertiary/aromatic N) is 2. The highest BCUT2D eigenvalue weighted by atomic mass is 32.2. The molecule has 3 rings (SSSR count). The fourth-order valence-corrected chi connectivity index (χ4v) is 3.85. The molecule has 1 amide bonds. The van der Waals surface area contributed by atoms with Crippen LogP contribution in [0.2, 0.25) is 0 Å². The quantitative estimate of drug-likeness (QED) is 0.844. The first-order valence-electron chi connectivity index (χ1n) is 8.84. The van der Waals surface area contributed by atoms with Gasteiger partial charge in [-0.2, -0.15) is 0 Å². The van der Waals surface area contributed by atoms with E-state index in [0.29, 0.717) is 30.1 Å². The first-order chi connectivity index (χ1) is 12.9. The van der Waals surface area contributed by atoms with Gasteiger partial charge in [-0.1, -0.05) is 12.5 Å². The molecule has 27 heavy (non-hydrogen) atoms. The number of sulfonamides is 1. The lowest BCUT2D eigenvalue weighted by Gasteiger charge is -2.11. The van der Waals surface area contributed by atoms with Gasteiger partial charge in [-0.05, 0) is 50.1 Å². The fourth-order valence-electron chi connectivity index (χ4n) is 2.72. The fraction of sp³-hybridized carbons (Fsp3) is 0.316. The second-order valence-corrected chi connectivity index (χ2v) is 8.10. The molecule has 1 aliphatic rings. The third-order valence-corrected chi connectivity index (χ3v) is 5.58. The van der Waals surface area contributed by atoms with Crippen LogP contribution >= 0.6 is 0 Å². The molecular formula is C19H22N4O3S. The van der Waals surface area contributed by atoms with Crippen LogP contribution in [0.5, 0.6) is 0 Å². The molecule has 2 aromatic rings. The molecule has 7 nitrogen and oxygen atoms in total. The maximum absolute atomic E-state index is 12.6. The maximum Gasteiger partial charge on any atom is 0.262 e. The van der Waals surface area contributed by atoms with E-state index < -0.39 is 10.0 Å². The summed E-state index contributed by atoms with van der Waals surface area (Å²) < 4.78 is 27.9. The molecule has 0 saturated carbocycles. The van der Waals surface area contributed by atoms with Crippen LogP contribution in [0.25, 0.3) is 0 Å². The van der Waals surface area contributed by atoms with Crippen molar-refractivity contribution < 1.29 is 13.2 Å². The Morgan fingerprint density at radius 2 is 1.96 bits per heavy atom. The summed E-state index contributed by atoms with van der Waals surface area (Å²) in [4.78, 5) is 20.8. The number of amides is 1. The van der Waals surface area contributed by atoms with Gasteiger partial charge in [-0.15, -0.1) is 0 Å². The van der Waals surface area contributed by atoms with Crippen molar-refractivity contribution in [2.24, 2.45) is 4.99 Å². The SMILES string of the molecule is Cc1ccc(C(=O)Nc2cccc(S(=O)(=O)NC3=NCCCCC3)c2)cn1. The summed E-state index contributed by atoms with van der Waals surface area (Å²) in [5.41, 5.74) is 1.61. The van der Waals surface area contributed by atoms with Gasteiger partial charge in [0.25, 0.3) is 15.9 Å². The number of pyridine rings is 1. The zero-order valence-electron chi connectivity index (χ0n) is 15.1. The molecule has 8 heteroatoms. The van der Waals surface area contributed by atoms with Crippen LogP contribution in [0.1, 0.15) is 41.7 Å². The lowest BCUT2D eigenvalue weighted by Crippen LogP contribution is -2.30. The van der Waals surface area contributed by atoms with Crippen LogP contribution in [0.3, 0.4) is 0 Å². The monoisotopic (exact) mass is 386 g/mol. The molecule has 0 fully saturated rings. The molecule has 0 aliphatic carbocycles. The molecule has 2 N–H and O–H groups in total. The smallest absolute Gasteiger partial charge is 0.262 e. The van der Waals surface area contributed by atoms with Gasteiger partial charge in [0.05, 0.1) is 10.5 Å². The average Bonchev–Trinajstić information content (AvgIpc) is 2.90. The van der Waals surface area contributed by atoms with Crippen LogP contribution in [0, 0.1) is 6.92 Å². The van der Waals surface area contributed by atoms with Crippen LogP contribution in [-0.4, -0.2) is 31.7 Å². The Morgan fingerprint density at radius 1 is 1.11 bits per heavy atom. The molecule has 2 heterocycles. The van der Waals surface area contributed by atoms with Crippen molar-refractivity contribution in [2.75, 3.05) is 11.9 Å². The summed E-state index contributed by atoms with van der Waals surface area (Å²) in [5.74, 6) is 0.144. The highest BCUT2D eigenvalue weighted by Gasteiger charge is 2.18. The minimum absolute atomic E-state index is 0.0780. The van der Waals surface area contributed by atoms with E-state index in [0.717, 1.165) is 25.0 Å². The van der Waals surface area contributed by atoms with E-state index >= 15 is 0 Å². The molecule has 0 spiro atoms. The molecule has 0 saturated heterocycles. The Morgan fingerprint density at radius 3 is 2.74 bits per heavy atom. The maximum atomic E-state index is 12.6. The molecule has 0 unspecified atom stereocenters. The largest absolute Gasteiger partial charge is 0.322 e. The van der Waals surface area contributed by atoms with Crippen LogP contribution < -0.4 is 10.0 Å². The van der Waals surface area contributed by atoms with E-state index in [1.54, 1.807) is 24.3 Å². The van der Waals surface area contributed by atoms with Gasteiger partial charge in [-0.25, -0.2) is 8.42 Å². The first kappa shape index (κ1) is 19.0. The summed E-state index contributed by atoms with van der Waals surface area (Å²) >= 11 is 0. The van der Waals surface area contributed by atoms with E-state index in [2.05, 4.69) is 20.0 Å². The Kier molecular flexibility index (Phi) is 5.85. The molecule has 0 atom stereocenters. The summed E-state index contributed by atoms with van der Waals surface area (Å²) in [6.07, 6.45) is 5.04. The summed E-state index contributed by atoms with van der Waals surface area (Å²) in [6, 6.07) is 9.56. The number of carbonyl (C=O) groups is 1. The number of amidine groups is 1. The zero-order valence-corrected chi connectivity index (χ0v) is 15.9. The standard InChI is InChI=1S/C19H22N4O3S/c1-14-9-10-15(13-21-14)19(24)22-16-6-5-7-17(12-16)27(25,26)23-18-8-3-2-4-11-20-18/h5-7,9-10,12-13H,2-4,8,11H2,1H3,(H,20,23)(H,22,24). The normalized spacial score (nSPS) is 14.8. The van der Waals surface area contributed by atoms with Crippen molar-refractivity contribution in [1.29, 1.82) is 0 Å². The number of aliphatic imine (C=N–C) groups is 1. The van der Waals surface area contributed by atoms with E-state index in [9.17, 15) is 13.2 Å². The molecule has 142 valence electrons. The number of anilines is 1. The van der Waals surface area contributed by atoms with Crippen LogP contribution in [0.15, 0.2) is 52.5 Å². The van der Waals surface area contributed by atoms with Gasteiger partial charge in [0.15, 0.2) is 0 Å². The number of nitrogens with one attached hydrogen (secondary N) is 2. The Balaban J connectivity index is 1.75. The Labute approximate surface area is 159 Å². The van der Waals surface area contributed by atoms with Crippen LogP contribution in [-0.2, 0) is 10.0 Å². The van der Waals surface area contributed by atoms with Gasteiger partial charge in [0.1, 0.15) is 5.84 Å². The van der Waals surface area contributed by atoms with E-state index in [-0.39, 0.29) is 10.8 Å². The second-order valence-electron chi connectivity index (χ2n) is 6.41. The lowest BCUT2D eigenvalue weighted by atomic mass is 10.2. The van der Waals surface area contributed by atoms with E-state index in [4.69, 9.17) is 0 Å². The van der Waals surface area contributed by atoms with E-state index in [1.165, 1.54) is 18.3 Å². The van der Waals surface area contributed by atoms with Gasteiger partial charge in [-0.3, -0.25) is 19.5 Å². The van der Waals surface area contributed by atoms with Crippen molar-refractivity contribution in [3.63, 3.8) is 0 Å². The molecule has 0 bridgehead atoms. The number of aryl methyl sites for hydroxylation is 1. The summed E-state index contributed by atoms with van der Waals surface area (Å²) in [6.45, 7) is 2.47. The minimum atomic E-state index is -3.75. The van der Waals surface area contributed by atoms with Gasteiger partial charge in [0, 0.05) is 30.5 Å².